The molecule has 144 valence electrons. The highest BCUT2D eigenvalue weighted by atomic mass is 32.2. The van der Waals surface area contributed by atoms with E-state index in [2.05, 4.69) is 5.32 Å². The molecule has 1 N–H and O–H groups in total. The van der Waals surface area contributed by atoms with Gasteiger partial charge in [0, 0.05) is 11.8 Å². The quantitative estimate of drug-likeness (QED) is 0.700. The molecule has 6 nitrogen and oxygen atoms in total. The Morgan fingerprint density at radius 1 is 1.04 bits per heavy atom. The van der Waals surface area contributed by atoms with Gasteiger partial charge in [-0.25, -0.2) is 13.2 Å². The Morgan fingerprint density at radius 2 is 1.67 bits per heavy atom. The fourth-order valence-corrected chi connectivity index (χ4v) is 3.02. The van der Waals surface area contributed by atoms with Crippen molar-refractivity contribution in [2.75, 3.05) is 12.0 Å². The summed E-state index contributed by atoms with van der Waals surface area (Å²) in [6, 6.07) is 14.9. The average molecular weight is 389 g/mol. The van der Waals surface area contributed by atoms with Crippen molar-refractivity contribution in [2.24, 2.45) is 0 Å². The molecule has 0 aliphatic heterocycles. The van der Waals surface area contributed by atoms with Crippen molar-refractivity contribution >= 4 is 21.7 Å². The lowest BCUT2D eigenvalue weighted by molar-refractivity contribution is -0.147. The number of carbonyl (C=O) groups is 2. The van der Waals surface area contributed by atoms with Gasteiger partial charge in [0.25, 0.3) is 5.91 Å². The topological polar surface area (TPSA) is 89.5 Å². The highest BCUT2D eigenvalue weighted by Crippen LogP contribution is 2.08. The second-order valence-corrected chi connectivity index (χ2v) is 8.66. The maximum atomic E-state index is 12.4. The lowest BCUT2D eigenvalue weighted by Crippen LogP contribution is -2.42. The second kappa shape index (κ2) is 9.32. The number of amides is 1. The third kappa shape index (κ3) is 7.22. The zero-order chi connectivity index (χ0) is 19.9. The number of sulfone groups is 1. The van der Waals surface area contributed by atoms with E-state index in [1.54, 1.807) is 30.3 Å². The lowest BCUT2D eigenvalue weighted by atomic mass is 10.1. The van der Waals surface area contributed by atoms with E-state index in [4.69, 9.17) is 4.74 Å². The zero-order valence-electron chi connectivity index (χ0n) is 15.3. The summed E-state index contributed by atoms with van der Waals surface area (Å²) >= 11 is 0. The molecule has 0 aliphatic carbocycles. The predicted octanol–water partition coefficient (Wildman–Crippen LogP) is 2.27. The maximum absolute atomic E-state index is 12.4. The van der Waals surface area contributed by atoms with Gasteiger partial charge in [-0.3, -0.25) is 4.79 Å². The Morgan fingerprint density at radius 3 is 2.26 bits per heavy atom. The number of nitrogens with one attached hydrogen (secondary N) is 1. The molecule has 0 heterocycles. The molecular weight excluding hydrogens is 366 g/mol. The van der Waals surface area contributed by atoms with E-state index in [0.29, 0.717) is 5.56 Å². The van der Waals surface area contributed by atoms with E-state index in [0.717, 1.165) is 17.4 Å². The smallest absolute Gasteiger partial charge is 0.329 e. The van der Waals surface area contributed by atoms with E-state index >= 15 is 0 Å². The number of hydrogen-bond acceptors (Lipinski definition) is 5. The lowest BCUT2D eigenvalue weighted by Gasteiger charge is -2.17. The van der Waals surface area contributed by atoms with Crippen LogP contribution in [0, 0.1) is 6.92 Å². The van der Waals surface area contributed by atoms with Gasteiger partial charge >= 0.3 is 5.97 Å². The minimum Gasteiger partial charge on any atom is -0.459 e. The summed E-state index contributed by atoms with van der Waals surface area (Å²) in [5.41, 5.74) is 2.28. The maximum Gasteiger partial charge on any atom is 0.329 e. The van der Waals surface area contributed by atoms with Crippen molar-refractivity contribution in [3.63, 3.8) is 0 Å². The van der Waals surface area contributed by atoms with Gasteiger partial charge in [0.2, 0.25) is 0 Å². The number of ether oxygens (including phenoxy) is 1. The number of esters is 1. The van der Waals surface area contributed by atoms with E-state index in [9.17, 15) is 18.0 Å². The van der Waals surface area contributed by atoms with Crippen LogP contribution in [0.5, 0.6) is 0 Å². The molecule has 0 aromatic heterocycles. The van der Waals surface area contributed by atoms with Crippen LogP contribution in [0.4, 0.5) is 0 Å². The normalized spacial score (nSPS) is 12.2. The van der Waals surface area contributed by atoms with Crippen LogP contribution in [-0.2, 0) is 26.0 Å². The summed E-state index contributed by atoms with van der Waals surface area (Å²) in [7, 11) is -3.28. The highest BCUT2D eigenvalue weighted by Gasteiger charge is 2.24. The number of carbonyl (C=O) groups excluding carboxylic acids is 2. The Bertz CT molecular complexity index is 876. The van der Waals surface area contributed by atoms with Crippen molar-refractivity contribution in [3.05, 3.63) is 71.3 Å². The van der Waals surface area contributed by atoms with Gasteiger partial charge in [0.1, 0.15) is 22.5 Å². The summed E-state index contributed by atoms with van der Waals surface area (Å²) in [6.45, 7) is 2.01. The molecule has 0 bridgehead atoms. The molecule has 2 aromatic carbocycles. The molecule has 1 atom stereocenters. The van der Waals surface area contributed by atoms with E-state index in [-0.39, 0.29) is 18.8 Å². The molecule has 2 aromatic rings. The van der Waals surface area contributed by atoms with Crippen molar-refractivity contribution in [3.8, 4) is 0 Å². The molecule has 0 saturated carbocycles. The summed E-state index contributed by atoms with van der Waals surface area (Å²) in [5.74, 6) is -1.35. The number of rotatable bonds is 8. The van der Waals surface area contributed by atoms with Gasteiger partial charge in [0.15, 0.2) is 0 Å². The van der Waals surface area contributed by atoms with Crippen molar-refractivity contribution in [2.45, 2.75) is 26.0 Å². The number of hydrogen-bond donors (Lipinski definition) is 1. The monoisotopic (exact) mass is 389 g/mol. The summed E-state index contributed by atoms with van der Waals surface area (Å²) < 4.78 is 28.2. The molecule has 0 saturated heterocycles. The molecule has 2 rings (SSSR count). The molecular formula is C20H23NO5S. The van der Waals surface area contributed by atoms with Crippen LogP contribution in [0.25, 0.3) is 0 Å². The fourth-order valence-electron chi connectivity index (χ4n) is 2.35. The summed E-state index contributed by atoms with van der Waals surface area (Å²) in [6.07, 6.45) is 1.03. The van der Waals surface area contributed by atoms with Gasteiger partial charge in [-0.05, 0) is 31.0 Å². The molecule has 27 heavy (non-hydrogen) atoms. The van der Waals surface area contributed by atoms with Crippen LogP contribution < -0.4 is 5.32 Å². The van der Waals surface area contributed by atoms with Crippen molar-refractivity contribution in [1.29, 1.82) is 0 Å². The Kier molecular flexibility index (Phi) is 7.12. The third-order valence-corrected chi connectivity index (χ3v) is 4.88. The minimum absolute atomic E-state index is 0.0513. The largest absolute Gasteiger partial charge is 0.459 e. The predicted molar refractivity (Wildman–Crippen MR) is 103 cm³/mol. The number of benzene rings is 2. The van der Waals surface area contributed by atoms with E-state index in [1.807, 2.05) is 31.2 Å². The summed E-state index contributed by atoms with van der Waals surface area (Å²) in [5, 5.41) is 2.57. The highest BCUT2D eigenvalue weighted by molar-refractivity contribution is 7.90. The van der Waals surface area contributed by atoms with Gasteiger partial charge in [0.05, 0.1) is 5.75 Å². The Hall–Kier alpha value is -2.67. The van der Waals surface area contributed by atoms with Gasteiger partial charge in [-0.2, -0.15) is 0 Å². The summed E-state index contributed by atoms with van der Waals surface area (Å²) in [4.78, 5) is 24.8. The van der Waals surface area contributed by atoms with Gasteiger partial charge < -0.3 is 10.1 Å². The second-order valence-electron chi connectivity index (χ2n) is 6.40. The van der Waals surface area contributed by atoms with Crippen LogP contribution in [0.15, 0.2) is 54.6 Å². The molecule has 7 heteroatoms. The molecule has 0 radical (unpaired) electrons. The first kappa shape index (κ1) is 20.6. The van der Waals surface area contributed by atoms with Gasteiger partial charge in [-0.15, -0.1) is 0 Å². The molecule has 0 unspecified atom stereocenters. The van der Waals surface area contributed by atoms with Crippen molar-refractivity contribution < 1.29 is 22.7 Å². The standard InChI is InChI=1S/C20H23NO5S/c1-15-8-10-16(11-9-15)14-26-20(23)18(12-13-27(2,24)25)21-19(22)17-6-4-3-5-7-17/h3-11,18H,12-14H2,1-2H3,(H,21,22)/t18-/m1/s1. The van der Waals surface area contributed by atoms with Crippen molar-refractivity contribution in [1.82, 2.24) is 5.32 Å². The van der Waals surface area contributed by atoms with Crippen LogP contribution >= 0.6 is 0 Å². The first-order valence-electron chi connectivity index (χ1n) is 8.50. The third-order valence-electron chi connectivity index (χ3n) is 3.90. The first-order valence-corrected chi connectivity index (χ1v) is 10.6. The molecule has 0 fully saturated rings. The minimum atomic E-state index is -3.28. The molecule has 0 aliphatic rings. The zero-order valence-corrected chi connectivity index (χ0v) is 16.2. The van der Waals surface area contributed by atoms with E-state index < -0.39 is 27.8 Å². The van der Waals surface area contributed by atoms with Crippen LogP contribution in [-0.4, -0.2) is 38.3 Å². The van der Waals surface area contributed by atoms with Crippen LogP contribution in [0.3, 0.4) is 0 Å². The van der Waals surface area contributed by atoms with Crippen LogP contribution in [0.1, 0.15) is 27.9 Å². The Labute approximate surface area is 159 Å². The van der Waals surface area contributed by atoms with Crippen LogP contribution in [0.2, 0.25) is 0 Å². The Balaban J connectivity index is 2.04. The van der Waals surface area contributed by atoms with Gasteiger partial charge in [-0.1, -0.05) is 48.0 Å². The SMILES string of the molecule is Cc1ccc(COC(=O)[C@@H](CCS(C)(=O)=O)NC(=O)c2ccccc2)cc1. The first-order chi connectivity index (χ1) is 12.7. The number of aryl methyl sites for hydroxylation is 1. The molecule has 1 amide bonds. The molecule has 0 spiro atoms. The fraction of sp³-hybridized carbons (Fsp3) is 0.300. The van der Waals surface area contributed by atoms with E-state index in [1.165, 1.54) is 0 Å². The average Bonchev–Trinajstić information content (AvgIpc) is 2.64.